The van der Waals surface area contributed by atoms with E-state index in [1.54, 1.807) is 24.3 Å². The van der Waals surface area contributed by atoms with Gasteiger partial charge in [-0.2, -0.15) is 0 Å². The predicted molar refractivity (Wildman–Crippen MR) is 110 cm³/mol. The standard InChI is InChI=1S/C22H13BrF2N2O2/c23-15-3-1-14(2-4-15)13-20-21(28)26(18-9-5-16(24)6-10-18)27(22(20)29)19-11-7-17(25)8-12-19/h1-13H. The van der Waals surface area contributed by atoms with Gasteiger partial charge in [0.2, 0.25) is 0 Å². The monoisotopic (exact) mass is 454 g/mol. The number of anilines is 2. The molecular weight excluding hydrogens is 442 g/mol. The Labute approximate surface area is 173 Å². The van der Waals surface area contributed by atoms with E-state index in [2.05, 4.69) is 15.9 Å². The fourth-order valence-corrected chi connectivity index (χ4v) is 3.24. The lowest BCUT2D eigenvalue weighted by molar-refractivity contribution is -0.116. The number of nitrogens with zero attached hydrogens (tertiary/aromatic N) is 2. The van der Waals surface area contributed by atoms with Crippen LogP contribution in [0.2, 0.25) is 0 Å². The van der Waals surface area contributed by atoms with Crippen molar-refractivity contribution in [2.45, 2.75) is 0 Å². The molecule has 0 radical (unpaired) electrons. The molecule has 1 fully saturated rings. The molecule has 1 aliphatic heterocycles. The summed E-state index contributed by atoms with van der Waals surface area (Å²) in [4.78, 5) is 26.3. The number of hydrogen-bond donors (Lipinski definition) is 0. The number of carbonyl (C=O) groups excluding carboxylic acids is 2. The quantitative estimate of drug-likeness (QED) is 0.407. The first-order chi connectivity index (χ1) is 13.9. The van der Waals surface area contributed by atoms with Crippen molar-refractivity contribution in [3.63, 3.8) is 0 Å². The van der Waals surface area contributed by atoms with Gasteiger partial charge in [0.1, 0.15) is 17.2 Å². The Kier molecular flexibility index (Phi) is 4.98. The molecule has 3 aromatic rings. The van der Waals surface area contributed by atoms with Gasteiger partial charge in [0.25, 0.3) is 11.8 Å². The number of benzene rings is 3. The Morgan fingerprint density at radius 2 is 1.07 bits per heavy atom. The highest BCUT2D eigenvalue weighted by molar-refractivity contribution is 9.10. The molecule has 0 atom stereocenters. The number of hydrazine groups is 1. The fourth-order valence-electron chi connectivity index (χ4n) is 2.98. The Morgan fingerprint density at radius 3 is 1.48 bits per heavy atom. The minimum absolute atomic E-state index is 0.0547. The van der Waals surface area contributed by atoms with E-state index in [0.717, 1.165) is 14.5 Å². The summed E-state index contributed by atoms with van der Waals surface area (Å²) in [6.07, 6.45) is 1.50. The highest BCUT2D eigenvalue weighted by atomic mass is 79.9. The van der Waals surface area contributed by atoms with Gasteiger partial charge in [0.15, 0.2) is 0 Å². The van der Waals surface area contributed by atoms with Crippen molar-refractivity contribution in [2.24, 2.45) is 0 Å². The highest BCUT2D eigenvalue weighted by Gasteiger charge is 2.42. The molecule has 4 rings (SSSR count). The first-order valence-corrected chi connectivity index (χ1v) is 9.40. The van der Waals surface area contributed by atoms with Gasteiger partial charge >= 0.3 is 0 Å². The van der Waals surface area contributed by atoms with Gasteiger partial charge in [-0.15, -0.1) is 0 Å². The molecule has 7 heteroatoms. The largest absolute Gasteiger partial charge is 0.283 e. The van der Waals surface area contributed by atoms with Crippen LogP contribution in [-0.4, -0.2) is 11.8 Å². The molecular formula is C22H13BrF2N2O2. The Balaban J connectivity index is 1.83. The molecule has 1 heterocycles. The fraction of sp³-hybridized carbons (Fsp3) is 0. The molecule has 0 unspecified atom stereocenters. The van der Waals surface area contributed by atoms with Crippen molar-refractivity contribution in [3.05, 3.63) is 100 Å². The third kappa shape index (κ3) is 3.69. The van der Waals surface area contributed by atoms with Crippen LogP contribution in [0.3, 0.4) is 0 Å². The van der Waals surface area contributed by atoms with Gasteiger partial charge < -0.3 is 0 Å². The lowest BCUT2D eigenvalue weighted by Crippen LogP contribution is -2.41. The summed E-state index contributed by atoms with van der Waals surface area (Å²) in [7, 11) is 0. The van der Waals surface area contributed by atoms with E-state index >= 15 is 0 Å². The van der Waals surface area contributed by atoms with Crippen molar-refractivity contribution in [1.29, 1.82) is 0 Å². The molecule has 0 aromatic heterocycles. The van der Waals surface area contributed by atoms with Crippen LogP contribution < -0.4 is 10.0 Å². The topological polar surface area (TPSA) is 40.6 Å². The minimum Gasteiger partial charge on any atom is -0.267 e. The third-order valence-corrected chi connectivity index (χ3v) is 4.90. The highest BCUT2D eigenvalue weighted by Crippen LogP contribution is 2.32. The van der Waals surface area contributed by atoms with Crippen LogP contribution in [0, 0.1) is 11.6 Å². The number of amides is 2. The average Bonchev–Trinajstić information content (AvgIpc) is 2.96. The summed E-state index contributed by atoms with van der Waals surface area (Å²) in [5.74, 6) is -2.06. The first-order valence-electron chi connectivity index (χ1n) is 8.61. The summed E-state index contributed by atoms with van der Waals surface area (Å²) in [5.41, 5.74) is 1.24. The second kappa shape index (κ2) is 7.60. The van der Waals surface area contributed by atoms with Gasteiger partial charge in [0.05, 0.1) is 11.4 Å². The number of halogens is 3. The molecule has 1 aliphatic rings. The summed E-state index contributed by atoms with van der Waals surface area (Å²) in [6, 6.07) is 17.5. The van der Waals surface area contributed by atoms with Gasteiger partial charge in [-0.25, -0.2) is 18.8 Å². The molecule has 0 N–H and O–H groups in total. The second-order valence-corrected chi connectivity index (χ2v) is 7.21. The van der Waals surface area contributed by atoms with Gasteiger partial charge in [0, 0.05) is 4.47 Å². The molecule has 1 saturated heterocycles. The van der Waals surface area contributed by atoms with E-state index < -0.39 is 23.4 Å². The van der Waals surface area contributed by atoms with Crippen molar-refractivity contribution in [1.82, 2.24) is 0 Å². The number of hydrogen-bond acceptors (Lipinski definition) is 2. The van der Waals surface area contributed by atoms with E-state index in [0.29, 0.717) is 16.9 Å². The minimum atomic E-state index is -0.561. The lowest BCUT2D eigenvalue weighted by atomic mass is 10.1. The Bertz CT molecular complexity index is 1050. The predicted octanol–water partition coefficient (Wildman–Crippen LogP) is 5.11. The smallest absolute Gasteiger partial charge is 0.267 e. The van der Waals surface area contributed by atoms with E-state index in [1.165, 1.54) is 54.6 Å². The van der Waals surface area contributed by atoms with Gasteiger partial charge in [-0.05, 0) is 72.3 Å². The lowest BCUT2D eigenvalue weighted by Gasteiger charge is -2.27. The normalized spacial score (nSPS) is 14.0. The zero-order valence-electron chi connectivity index (χ0n) is 14.9. The zero-order chi connectivity index (χ0) is 20.5. The summed E-state index contributed by atoms with van der Waals surface area (Å²) in [5, 5.41) is 2.30. The SMILES string of the molecule is O=C1C(=Cc2ccc(Br)cc2)C(=O)N(c2ccc(F)cc2)N1c1ccc(F)cc1. The van der Waals surface area contributed by atoms with E-state index in [4.69, 9.17) is 0 Å². The molecule has 0 saturated carbocycles. The van der Waals surface area contributed by atoms with Crippen LogP contribution >= 0.6 is 15.9 Å². The molecule has 0 spiro atoms. The van der Waals surface area contributed by atoms with Crippen LogP contribution in [0.5, 0.6) is 0 Å². The maximum absolute atomic E-state index is 13.4. The molecule has 3 aromatic carbocycles. The van der Waals surface area contributed by atoms with Gasteiger partial charge in [-0.3, -0.25) is 9.59 Å². The van der Waals surface area contributed by atoms with Crippen LogP contribution in [0.25, 0.3) is 6.08 Å². The van der Waals surface area contributed by atoms with Crippen LogP contribution in [0.1, 0.15) is 5.56 Å². The molecule has 2 amide bonds. The summed E-state index contributed by atoms with van der Waals surface area (Å²) >= 11 is 3.34. The van der Waals surface area contributed by atoms with Crippen LogP contribution in [0.4, 0.5) is 20.2 Å². The Morgan fingerprint density at radius 1 is 0.655 bits per heavy atom. The zero-order valence-corrected chi connectivity index (χ0v) is 16.4. The molecule has 29 heavy (non-hydrogen) atoms. The van der Waals surface area contributed by atoms with Gasteiger partial charge in [-0.1, -0.05) is 28.1 Å². The molecule has 0 aliphatic carbocycles. The molecule has 0 bridgehead atoms. The summed E-state index contributed by atoms with van der Waals surface area (Å²) < 4.78 is 27.6. The van der Waals surface area contributed by atoms with Crippen molar-refractivity contribution < 1.29 is 18.4 Å². The van der Waals surface area contributed by atoms with E-state index in [9.17, 15) is 18.4 Å². The number of carbonyl (C=O) groups is 2. The number of rotatable bonds is 3. The van der Waals surface area contributed by atoms with Crippen molar-refractivity contribution in [3.8, 4) is 0 Å². The first kappa shape index (κ1) is 19.0. The Hall–Kier alpha value is -3.32. The third-order valence-electron chi connectivity index (χ3n) is 4.37. The average molecular weight is 455 g/mol. The second-order valence-electron chi connectivity index (χ2n) is 6.30. The van der Waals surface area contributed by atoms with Crippen LogP contribution in [-0.2, 0) is 9.59 Å². The van der Waals surface area contributed by atoms with Crippen molar-refractivity contribution in [2.75, 3.05) is 10.0 Å². The van der Waals surface area contributed by atoms with Crippen LogP contribution in [0.15, 0.2) is 82.8 Å². The van der Waals surface area contributed by atoms with E-state index in [1.807, 2.05) is 0 Å². The van der Waals surface area contributed by atoms with Crippen molar-refractivity contribution >= 4 is 45.2 Å². The maximum Gasteiger partial charge on any atom is 0.283 e. The summed E-state index contributed by atoms with van der Waals surface area (Å²) in [6.45, 7) is 0. The maximum atomic E-state index is 13.4. The molecule has 4 nitrogen and oxygen atoms in total. The molecule has 144 valence electrons. The van der Waals surface area contributed by atoms with E-state index in [-0.39, 0.29) is 5.57 Å².